The predicted molar refractivity (Wildman–Crippen MR) is 97.2 cm³/mol. The molecule has 0 saturated carbocycles. The summed E-state index contributed by atoms with van der Waals surface area (Å²) in [4.78, 5) is 23.8. The lowest BCUT2D eigenvalue weighted by Crippen LogP contribution is -2.21. The summed E-state index contributed by atoms with van der Waals surface area (Å²) in [5, 5.41) is 2.80. The lowest BCUT2D eigenvalue weighted by Gasteiger charge is -2.12. The molecule has 0 aliphatic carbocycles. The number of benzene rings is 2. The Morgan fingerprint density at radius 2 is 1.80 bits per heavy atom. The standard InChI is InChI=1S/C20H23NO4/c1-5-24-20(23)16-9-10-17(14(3)11-16)21-19(22)12-25-18-8-6-7-13(2)15(18)4/h6-11H,5,12H2,1-4H3,(H,21,22). The van der Waals surface area contributed by atoms with E-state index >= 15 is 0 Å². The zero-order chi connectivity index (χ0) is 18.4. The highest BCUT2D eigenvalue weighted by atomic mass is 16.5. The fourth-order valence-electron chi connectivity index (χ4n) is 2.36. The Hall–Kier alpha value is -2.82. The average Bonchev–Trinajstić information content (AvgIpc) is 2.58. The number of hydrogen-bond donors (Lipinski definition) is 1. The normalized spacial score (nSPS) is 10.2. The van der Waals surface area contributed by atoms with Gasteiger partial charge in [-0.15, -0.1) is 0 Å². The van der Waals surface area contributed by atoms with Gasteiger partial charge in [0, 0.05) is 5.69 Å². The molecule has 0 aliphatic heterocycles. The fraction of sp³-hybridized carbons (Fsp3) is 0.300. The minimum Gasteiger partial charge on any atom is -0.483 e. The highest BCUT2D eigenvalue weighted by Gasteiger charge is 2.11. The van der Waals surface area contributed by atoms with Gasteiger partial charge in [-0.1, -0.05) is 12.1 Å². The molecule has 2 rings (SSSR count). The summed E-state index contributed by atoms with van der Waals surface area (Å²) in [5.41, 5.74) is 4.02. The summed E-state index contributed by atoms with van der Waals surface area (Å²) in [6, 6.07) is 10.8. The van der Waals surface area contributed by atoms with Crippen molar-refractivity contribution in [3.63, 3.8) is 0 Å². The van der Waals surface area contributed by atoms with Gasteiger partial charge in [0.15, 0.2) is 6.61 Å². The second kappa shape index (κ2) is 8.33. The van der Waals surface area contributed by atoms with Crippen LogP contribution in [0.3, 0.4) is 0 Å². The van der Waals surface area contributed by atoms with Crippen LogP contribution < -0.4 is 10.1 Å². The molecular formula is C20H23NO4. The molecule has 25 heavy (non-hydrogen) atoms. The van der Waals surface area contributed by atoms with Gasteiger partial charge in [0.2, 0.25) is 0 Å². The largest absolute Gasteiger partial charge is 0.483 e. The summed E-state index contributed by atoms with van der Waals surface area (Å²) < 4.78 is 10.6. The van der Waals surface area contributed by atoms with Crippen molar-refractivity contribution >= 4 is 17.6 Å². The van der Waals surface area contributed by atoms with Crippen LogP contribution in [0.4, 0.5) is 5.69 Å². The zero-order valence-electron chi connectivity index (χ0n) is 15.0. The van der Waals surface area contributed by atoms with Crippen LogP contribution in [0.2, 0.25) is 0 Å². The van der Waals surface area contributed by atoms with Crippen LogP contribution in [0.5, 0.6) is 5.75 Å². The third-order valence-electron chi connectivity index (χ3n) is 3.93. The molecule has 0 bridgehead atoms. The van der Waals surface area contributed by atoms with E-state index in [1.54, 1.807) is 25.1 Å². The number of carbonyl (C=O) groups is 2. The van der Waals surface area contributed by atoms with Gasteiger partial charge >= 0.3 is 5.97 Å². The molecule has 1 N–H and O–H groups in total. The van der Waals surface area contributed by atoms with Crippen LogP contribution in [0, 0.1) is 20.8 Å². The molecule has 0 aromatic heterocycles. The molecule has 0 saturated heterocycles. The number of rotatable bonds is 6. The van der Waals surface area contributed by atoms with Crippen LogP contribution in [0.15, 0.2) is 36.4 Å². The molecule has 5 nitrogen and oxygen atoms in total. The monoisotopic (exact) mass is 341 g/mol. The van der Waals surface area contributed by atoms with Crippen LogP contribution in [0.1, 0.15) is 34.0 Å². The third-order valence-corrected chi connectivity index (χ3v) is 3.93. The fourth-order valence-corrected chi connectivity index (χ4v) is 2.36. The Labute approximate surface area is 148 Å². The van der Waals surface area contributed by atoms with E-state index in [0.29, 0.717) is 23.6 Å². The number of anilines is 1. The van der Waals surface area contributed by atoms with Gasteiger partial charge in [0.05, 0.1) is 12.2 Å². The maximum Gasteiger partial charge on any atom is 0.338 e. The maximum atomic E-state index is 12.1. The number of ether oxygens (including phenoxy) is 2. The molecule has 0 aliphatic rings. The molecule has 0 atom stereocenters. The van der Waals surface area contributed by atoms with Crippen molar-refractivity contribution in [3.8, 4) is 5.75 Å². The molecule has 1 amide bonds. The Bertz CT molecular complexity index is 783. The Balaban J connectivity index is 1.98. The first-order valence-corrected chi connectivity index (χ1v) is 8.19. The van der Waals surface area contributed by atoms with E-state index in [0.717, 1.165) is 16.7 Å². The Kier molecular flexibility index (Phi) is 6.17. The van der Waals surface area contributed by atoms with Crippen molar-refractivity contribution < 1.29 is 19.1 Å². The zero-order valence-corrected chi connectivity index (χ0v) is 15.0. The number of amides is 1. The molecule has 0 fully saturated rings. The summed E-state index contributed by atoms with van der Waals surface area (Å²) >= 11 is 0. The van der Waals surface area contributed by atoms with Crippen LogP contribution in [0.25, 0.3) is 0 Å². The van der Waals surface area contributed by atoms with Gasteiger partial charge in [0.25, 0.3) is 5.91 Å². The number of hydrogen-bond acceptors (Lipinski definition) is 4. The van der Waals surface area contributed by atoms with Crippen LogP contribution in [-0.4, -0.2) is 25.1 Å². The first kappa shape index (κ1) is 18.5. The first-order chi connectivity index (χ1) is 11.9. The SMILES string of the molecule is CCOC(=O)c1ccc(NC(=O)COc2cccc(C)c2C)c(C)c1. The van der Waals surface area contributed by atoms with E-state index in [2.05, 4.69) is 5.32 Å². The minimum atomic E-state index is -0.373. The van der Waals surface area contributed by atoms with Crippen molar-refractivity contribution in [2.45, 2.75) is 27.7 Å². The van der Waals surface area contributed by atoms with Gasteiger partial charge in [0.1, 0.15) is 5.75 Å². The van der Waals surface area contributed by atoms with Crippen molar-refractivity contribution in [2.75, 3.05) is 18.5 Å². The molecule has 5 heteroatoms. The molecule has 0 heterocycles. The van der Waals surface area contributed by atoms with Gasteiger partial charge in [-0.05, 0) is 68.7 Å². The van der Waals surface area contributed by atoms with E-state index in [1.807, 2.05) is 39.0 Å². The van der Waals surface area contributed by atoms with Crippen molar-refractivity contribution in [3.05, 3.63) is 58.7 Å². The summed E-state index contributed by atoms with van der Waals surface area (Å²) in [6.07, 6.45) is 0. The maximum absolute atomic E-state index is 12.1. The summed E-state index contributed by atoms with van der Waals surface area (Å²) in [7, 11) is 0. The number of nitrogens with one attached hydrogen (secondary N) is 1. The lowest BCUT2D eigenvalue weighted by atomic mass is 10.1. The van der Waals surface area contributed by atoms with E-state index in [4.69, 9.17) is 9.47 Å². The molecule has 2 aromatic carbocycles. The Morgan fingerprint density at radius 1 is 1.04 bits per heavy atom. The smallest absolute Gasteiger partial charge is 0.338 e. The van der Waals surface area contributed by atoms with Gasteiger partial charge in [-0.3, -0.25) is 4.79 Å². The molecule has 0 radical (unpaired) electrons. The van der Waals surface area contributed by atoms with Crippen molar-refractivity contribution in [1.29, 1.82) is 0 Å². The van der Waals surface area contributed by atoms with Gasteiger partial charge in [-0.2, -0.15) is 0 Å². The molecule has 2 aromatic rings. The second-order valence-corrected chi connectivity index (χ2v) is 5.79. The number of carbonyl (C=O) groups excluding carboxylic acids is 2. The highest BCUT2D eigenvalue weighted by Crippen LogP contribution is 2.21. The molecule has 0 spiro atoms. The molecule has 132 valence electrons. The van der Waals surface area contributed by atoms with Crippen LogP contribution in [-0.2, 0) is 9.53 Å². The third kappa shape index (κ3) is 4.83. The van der Waals surface area contributed by atoms with Crippen LogP contribution >= 0.6 is 0 Å². The van der Waals surface area contributed by atoms with Gasteiger partial charge in [-0.25, -0.2) is 4.79 Å². The van der Waals surface area contributed by atoms with Crippen molar-refractivity contribution in [1.82, 2.24) is 0 Å². The number of esters is 1. The quantitative estimate of drug-likeness (QED) is 0.812. The topological polar surface area (TPSA) is 64.6 Å². The second-order valence-electron chi connectivity index (χ2n) is 5.79. The average molecular weight is 341 g/mol. The predicted octanol–water partition coefficient (Wildman–Crippen LogP) is 3.81. The molecular weight excluding hydrogens is 318 g/mol. The first-order valence-electron chi connectivity index (χ1n) is 8.19. The van der Waals surface area contributed by atoms with E-state index in [-0.39, 0.29) is 18.5 Å². The lowest BCUT2D eigenvalue weighted by molar-refractivity contribution is -0.118. The number of aryl methyl sites for hydroxylation is 2. The summed E-state index contributed by atoms with van der Waals surface area (Å²) in [5.74, 6) is 0.0687. The summed E-state index contributed by atoms with van der Waals surface area (Å²) in [6.45, 7) is 7.78. The molecule has 0 unspecified atom stereocenters. The van der Waals surface area contributed by atoms with Gasteiger partial charge < -0.3 is 14.8 Å². The highest BCUT2D eigenvalue weighted by molar-refractivity contribution is 5.94. The Morgan fingerprint density at radius 3 is 2.48 bits per heavy atom. The van der Waals surface area contributed by atoms with E-state index in [9.17, 15) is 9.59 Å². The van der Waals surface area contributed by atoms with E-state index < -0.39 is 0 Å². The minimum absolute atomic E-state index is 0.0800. The van der Waals surface area contributed by atoms with Crippen molar-refractivity contribution in [2.24, 2.45) is 0 Å². The van der Waals surface area contributed by atoms with E-state index in [1.165, 1.54) is 0 Å².